The molecule has 1 saturated heterocycles. The molecule has 0 saturated carbocycles. The number of nitrogens with zero attached hydrogens (tertiary/aromatic N) is 3. The molecule has 0 radical (unpaired) electrons. The van der Waals surface area contributed by atoms with E-state index >= 15 is 0 Å². The predicted molar refractivity (Wildman–Crippen MR) is 101 cm³/mol. The Balaban J connectivity index is 2.23. The molecule has 5 nitrogen and oxygen atoms in total. The summed E-state index contributed by atoms with van der Waals surface area (Å²) >= 11 is 3.89. The van der Waals surface area contributed by atoms with E-state index in [4.69, 9.17) is 5.73 Å². The number of rotatable bonds is 7. The molecule has 1 aliphatic heterocycles. The number of anilines is 1. The molecule has 23 heavy (non-hydrogen) atoms. The number of aryl methyl sites for hydroxylation is 1. The maximum Gasteiger partial charge on any atom is 0.276 e. The van der Waals surface area contributed by atoms with Crippen molar-refractivity contribution >= 4 is 35.1 Å². The lowest BCUT2D eigenvalue weighted by molar-refractivity contribution is 0.0740. The Hall–Kier alpha value is -0.820. The van der Waals surface area contributed by atoms with Gasteiger partial charge in [0.2, 0.25) is 0 Å². The summed E-state index contributed by atoms with van der Waals surface area (Å²) in [6.07, 6.45) is 2.14. The average Bonchev–Trinajstić information content (AvgIpc) is 3.13. The number of nitrogen functional groups attached to an aromatic ring is 1. The maximum atomic E-state index is 13.0. The lowest BCUT2D eigenvalue weighted by Gasteiger charge is -2.30. The third-order valence-electron chi connectivity index (χ3n) is 4.29. The van der Waals surface area contributed by atoms with E-state index in [9.17, 15) is 4.79 Å². The molecule has 1 fully saturated rings. The highest BCUT2D eigenvalue weighted by Crippen LogP contribution is 2.36. The summed E-state index contributed by atoms with van der Waals surface area (Å²) in [5.74, 6) is 2.14. The van der Waals surface area contributed by atoms with Gasteiger partial charge in [0.15, 0.2) is 5.69 Å². The van der Waals surface area contributed by atoms with Crippen LogP contribution in [0.4, 0.5) is 5.69 Å². The Morgan fingerprint density at radius 1 is 1.35 bits per heavy atom. The number of amides is 1. The van der Waals surface area contributed by atoms with Crippen LogP contribution in [0.3, 0.4) is 0 Å². The van der Waals surface area contributed by atoms with Crippen LogP contribution in [0.15, 0.2) is 0 Å². The Morgan fingerprint density at radius 3 is 2.52 bits per heavy atom. The number of hydrogen-bond acceptors (Lipinski definition) is 5. The molecule has 2 N–H and O–H groups in total. The molecule has 1 aromatic rings. The number of likely N-dealkylation sites (tertiary alicyclic amines) is 1. The van der Waals surface area contributed by atoms with Gasteiger partial charge in [-0.1, -0.05) is 13.8 Å². The Morgan fingerprint density at radius 2 is 2.00 bits per heavy atom. The van der Waals surface area contributed by atoms with Crippen LogP contribution >= 0.6 is 23.5 Å². The van der Waals surface area contributed by atoms with Crippen LogP contribution in [0, 0.1) is 6.92 Å². The fourth-order valence-electron chi connectivity index (χ4n) is 3.09. The standard InChI is InChI=1S/C16H28N4OS2/c1-5-20-11(4)13(17)14(18-20)15(21)19-10-8-9-12(19)16(22-6-2)23-7-3/h12,16H,5-10,17H2,1-4H3/t12-/m0/s1. The van der Waals surface area contributed by atoms with E-state index in [1.165, 1.54) is 0 Å². The van der Waals surface area contributed by atoms with Gasteiger partial charge in [0.05, 0.1) is 22.0 Å². The molecule has 0 bridgehead atoms. The first-order valence-corrected chi connectivity index (χ1v) is 10.5. The van der Waals surface area contributed by atoms with Gasteiger partial charge < -0.3 is 10.6 Å². The third-order valence-corrected chi connectivity index (χ3v) is 7.06. The summed E-state index contributed by atoms with van der Waals surface area (Å²) in [6.45, 7) is 9.84. The second-order valence-corrected chi connectivity index (χ2v) is 8.79. The van der Waals surface area contributed by atoms with E-state index in [-0.39, 0.29) is 11.9 Å². The van der Waals surface area contributed by atoms with Crippen LogP contribution in [0.1, 0.15) is 49.8 Å². The van der Waals surface area contributed by atoms with Crippen molar-refractivity contribution in [3.05, 3.63) is 11.4 Å². The van der Waals surface area contributed by atoms with Crippen LogP contribution < -0.4 is 5.73 Å². The second-order valence-electron chi connectivity index (χ2n) is 5.65. The lowest BCUT2D eigenvalue weighted by atomic mass is 10.2. The highest BCUT2D eigenvalue weighted by Gasteiger charge is 2.37. The summed E-state index contributed by atoms with van der Waals surface area (Å²) in [4.78, 5) is 15.0. The monoisotopic (exact) mass is 356 g/mol. The minimum atomic E-state index is -0.00120. The molecule has 1 aliphatic rings. The highest BCUT2D eigenvalue weighted by molar-refractivity contribution is 8.17. The molecular formula is C16H28N4OS2. The van der Waals surface area contributed by atoms with Gasteiger partial charge in [0.25, 0.3) is 5.91 Å². The topological polar surface area (TPSA) is 64.2 Å². The fraction of sp³-hybridized carbons (Fsp3) is 0.750. The van der Waals surface area contributed by atoms with Crippen LogP contribution in [0.25, 0.3) is 0 Å². The van der Waals surface area contributed by atoms with Gasteiger partial charge >= 0.3 is 0 Å². The molecule has 0 aromatic carbocycles. The van der Waals surface area contributed by atoms with Crippen molar-refractivity contribution in [2.45, 2.75) is 57.7 Å². The largest absolute Gasteiger partial charge is 0.395 e. The summed E-state index contributed by atoms with van der Waals surface area (Å²) in [5, 5.41) is 4.44. The van der Waals surface area contributed by atoms with Crippen molar-refractivity contribution in [3.63, 3.8) is 0 Å². The zero-order valence-corrected chi connectivity index (χ0v) is 16.2. The predicted octanol–water partition coefficient (Wildman–Crippen LogP) is 3.23. The van der Waals surface area contributed by atoms with Gasteiger partial charge in [0, 0.05) is 13.1 Å². The molecule has 1 amide bonds. The van der Waals surface area contributed by atoms with Crippen molar-refractivity contribution in [1.82, 2.24) is 14.7 Å². The SMILES string of the molecule is CCSC(SCC)[C@@H]1CCCN1C(=O)c1nn(CC)c(C)c1N. The summed E-state index contributed by atoms with van der Waals surface area (Å²) in [6, 6.07) is 0.281. The summed E-state index contributed by atoms with van der Waals surface area (Å²) in [5.41, 5.74) is 7.99. The number of nitrogens with two attached hydrogens (primary N) is 1. The molecule has 1 aromatic heterocycles. The quantitative estimate of drug-likeness (QED) is 0.760. The van der Waals surface area contributed by atoms with E-state index in [0.29, 0.717) is 16.0 Å². The number of carbonyl (C=O) groups excluding carboxylic acids is 1. The average molecular weight is 357 g/mol. The fourth-order valence-corrected chi connectivity index (χ4v) is 5.96. The normalized spacial score (nSPS) is 18.1. The Bertz CT molecular complexity index is 540. The molecular weight excluding hydrogens is 328 g/mol. The van der Waals surface area contributed by atoms with Gasteiger partial charge in [-0.15, -0.1) is 23.5 Å². The second kappa shape index (κ2) is 8.33. The van der Waals surface area contributed by atoms with Gasteiger partial charge in [-0.25, -0.2) is 0 Å². The van der Waals surface area contributed by atoms with Crippen molar-refractivity contribution in [1.29, 1.82) is 0 Å². The van der Waals surface area contributed by atoms with Crippen LogP contribution in [-0.4, -0.2) is 49.3 Å². The number of aromatic nitrogens is 2. The van der Waals surface area contributed by atoms with Gasteiger partial charge in [-0.2, -0.15) is 5.10 Å². The third kappa shape index (κ3) is 3.82. The van der Waals surface area contributed by atoms with Crippen molar-refractivity contribution in [2.75, 3.05) is 23.8 Å². The molecule has 130 valence electrons. The molecule has 1 atom stereocenters. The van der Waals surface area contributed by atoms with Crippen LogP contribution in [0.2, 0.25) is 0 Å². The first kappa shape index (κ1) is 18.5. The maximum absolute atomic E-state index is 13.0. The molecule has 2 heterocycles. The smallest absolute Gasteiger partial charge is 0.276 e. The van der Waals surface area contributed by atoms with Crippen LogP contribution in [-0.2, 0) is 6.54 Å². The molecule has 0 aliphatic carbocycles. The first-order chi connectivity index (χ1) is 11.0. The van der Waals surface area contributed by atoms with E-state index in [0.717, 1.165) is 43.1 Å². The van der Waals surface area contributed by atoms with E-state index in [2.05, 4.69) is 18.9 Å². The van der Waals surface area contributed by atoms with Crippen molar-refractivity contribution in [3.8, 4) is 0 Å². The van der Waals surface area contributed by atoms with E-state index in [1.807, 2.05) is 47.0 Å². The molecule has 2 rings (SSSR count). The zero-order valence-electron chi connectivity index (χ0n) is 14.5. The van der Waals surface area contributed by atoms with Crippen LogP contribution in [0.5, 0.6) is 0 Å². The highest BCUT2D eigenvalue weighted by atomic mass is 32.2. The molecule has 0 spiro atoms. The van der Waals surface area contributed by atoms with Crippen molar-refractivity contribution in [2.24, 2.45) is 0 Å². The summed E-state index contributed by atoms with van der Waals surface area (Å²) < 4.78 is 2.25. The number of carbonyl (C=O) groups is 1. The van der Waals surface area contributed by atoms with Gasteiger partial charge in [-0.3, -0.25) is 9.48 Å². The molecule has 7 heteroatoms. The number of hydrogen-bond donors (Lipinski definition) is 1. The lowest BCUT2D eigenvalue weighted by Crippen LogP contribution is -2.41. The van der Waals surface area contributed by atoms with Gasteiger partial charge in [-0.05, 0) is 38.2 Å². The zero-order chi connectivity index (χ0) is 17.0. The summed E-state index contributed by atoms with van der Waals surface area (Å²) in [7, 11) is 0. The van der Waals surface area contributed by atoms with E-state index in [1.54, 1.807) is 0 Å². The van der Waals surface area contributed by atoms with E-state index < -0.39 is 0 Å². The number of thioether (sulfide) groups is 2. The van der Waals surface area contributed by atoms with Gasteiger partial charge in [0.1, 0.15) is 0 Å². The minimum absolute atomic E-state index is 0.00120. The Kier molecular flexibility index (Phi) is 6.71. The van der Waals surface area contributed by atoms with Crippen molar-refractivity contribution < 1.29 is 4.79 Å². The Labute approximate surface area is 147 Å². The minimum Gasteiger partial charge on any atom is -0.395 e. The first-order valence-electron chi connectivity index (χ1n) is 8.42. The molecule has 0 unspecified atom stereocenters.